The molecule has 0 aliphatic carbocycles. The Morgan fingerprint density at radius 3 is 2.67 bits per heavy atom. The van der Waals surface area contributed by atoms with Crippen LogP contribution in [-0.4, -0.2) is 36.4 Å². The third-order valence-corrected chi connectivity index (χ3v) is 2.99. The smallest absolute Gasteiger partial charge is 0.255 e. The van der Waals surface area contributed by atoms with Gasteiger partial charge in [-0.25, -0.2) is 4.98 Å². The zero-order valence-electron chi connectivity index (χ0n) is 12.5. The van der Waals surface area contributed by atoms with Gasteiger partial charge in [0.1, 0.15) is 5.82 Å². The summed E-state index contributed by atoms with van der Waals surface area (Å²) in [7, 11) is 0. The van der Waals surface area contributed by atoms with Gasteiger partial charge in [-0.2, -0.15) is 0 Å². The van der Waals surface area contributed by atoms with Gasteiger partial charge in [-0.1, -0.05) is 13.8 Å². The molecule has 116 valence electrons. The first-order valence-corrected chi connectivity index (χ1v) is 7.67. The molecule has 1 rings (SSSR count). The first-order chi connectivity index (χ1) is 9.93. The summed E-state index contributed by atoms with van der Waals surface area (Å²) in [4.78, 5) is 27.9. The number of pyridine rings is 1. The van der Waals surface area contributed by atoms with Crippen molar-refractivity contribution in [2.75, 3.05) is 25.0 Å². The van der Waals surface area contributed by atoms with Gasteiger partial charge in [-0.15, -0.1) is 0 Å². The minimum atomic E-state index is -0.334. The summed E-state index contributed by atoms with van der Waals surface area (Å²) in [5.74, 6) is 0.338. The fourth-order valence-electron chi connectivity index (χ4n) is 1.56. The van der Waals surface area contributed by atoms with Crippen molar-refractivity contribution in [1.29, 1.82) is 0 Å². The molecular weight excluding hydrogens is 336 g/mol. The summed E-state index contributed by atoms with van der Waals surface area (Å²) in [6.07, 6.45) is 1.62. The molecule has 0 saturated heterocycles. The van der Waals surface area contributed by atoms with Gasteiger partial charge in [-0.05, 0) is 34.8 Å². The second-order valence-electron chi connectivity index (χ2n) is 4.96. The van der Waals surface area contributed by atoms with Crippen LogP contribution in [0.15, 0.2) is 16.7 Å². The van der Waals surface area contributed by atoms with Gasteiger partial charge >= 0.3 is 0 Å². The maximum absolute atomic E-state index is 12.1. The Hall–Kier alpha value is -1.63. The van der Waals surface area contributed by atoms with E-state index in [0.717, 1.165) is 0 Å². The lowest BCUT2D eigenvalue weighted by Gasteiger charge is -2.11. The molecule has 6 nitrogen and oxygen atoms in total. The van der Waals surface area contributed by atoms with Crippen LogP contribution in [0, 0.1) is 5.92 Å². The Labute approximate surface area is 133 Å². The number of anilines is 1. The number of amides is 2. The second kappa shape index (κ2) is 8.61. The molecular formula is C14H21BrN4O2. The van der Waals surface area contributed by atoms with E-state index in [1.165, 1.54) is 0 Å². The third kappa shape index (κ3) is 6.12. The Morgan fingerprint density at radius 1 is 1.33 bits per heavy atom. The Bertz CT molecular complexity index is 506. The molecule has 0 fully saturated rings. The van der Waals surface area contributed by atoms with Crippen molar-refractivity contribution in [3.05, 3.63) is 22.3 Å². The van der Waals surface area contributed by atoms with Crippen LogP contribution in [-0.2, 0) is 4.79 Å². The molecule has 0 unspecified atom stereocenters. The topological polar surface area (TPSA) is 83.1 Å². The minimum absolute atomic E-state index is 0.0520. The van der Waals surface area contributed by atoms with E-state index in [0.29, 0.717) is 34.9 Å². The summed E-state index contributed by atoms with van der Waals surface area (Å²) >= 11 is 3.29. The van der Waals surface area contributed by atoms with Crippen molar-refractivity contribution in [3.63, 3.8) is 0 Å². The Balaban J connectivity index is 2.63. The average molecular weight is 357 g/mol. The molecule has 2 amide bonds. The van der Waals surface area contributed by atoms with E-state index < -0.39 is 0 Å². The lowest BCUT2D eigenvalue weighted by atomic mass is 10.2. The van der Waals surface area contributed by atoms with Crippen LogP contribution in [0.3, 0.4) is 0 Å². The molecule has 1 aromatic heterocycles. The summed E-state index contributed by atoms with van der Waals surface area (Å²) < 4.78 is 0.707. The van der Waals surface area contributed by atoms with Crippen molar-refractivity contribution in [2.24, 2.45) is 5.92 Å². The fraction of sp³-hybridized carbons (Fsp3) is 0.500. The maximum atomic E-state index is 12.1. The molecule has 3 N–H and O–H groups in total. The minimum Gasteiger partial charge on any atom is -0.370 e. The number of hydrogen-bond acceptors (Lipinski definition) is 4. The van der Waals surface area contributed by atoms with E-state index in [9.17, 15) is 9.59 Å². The summed E-state index contributed by atoms with van der Waals surface area (Å²) in [6.45, 7) is 7.14. The van der Waals surface area contributed by atoms with Crippen LogP contribution < -0.4 is 16.0 Å². The van der Waals surface area contributed by atoms with Crippen LogP contribution in [0.4, 0.5) is 5.82 Å². The van der Waals surface area contributed by atoms with E-state index >= 15 is 0 Å². The number of nitrogens with one attached hydrogen (secondary N) is 3. The predicted octanol–water partition coefficient (Wildman–Crippen LogP) is 1.78. The van der Waals surface area contributed by atoms with Crippen molar-refractivity contribution in [2.45, 2.75) is 20.8 Å². The summed E-state index contributed by atoms with van der Waals surface area (Å²) in [5, 5.41) is 8.36. The highest BCUT2D eigenvalue weighted by molar-refractivity contribution is 9.10. The van der Waals surface area contributed by atoms with Gasteiger partial charge in [0.25, 0.3) is 5.91 Å². The molecule has 0 saturated carbocycles. The largest absolute Gasteiger partial charge is 0.370 e. The van der Waals surface area contributed by atoms with E-state index in [-0.39, 0.29) is 18.4 Å². The number of rotatable bonds is 7. The summed E-state index contributed by atoms with van der Waals surface area (Å²) in [5.41, 5.74) is 0.405. The first kappa shape index (κ1) is 17.4. The highest BCUT2D eigenvalue weighted by Gasteiger charge is 2.14. The predicted molar refractivity (Wildman–Crippen MR) is 86.3 cm³/mol. The van der Waals surface area contributed by atoms with Gasteiger partial charge in [0.15, 0.2) is 0 Å². The van der Waals surface area contributed by atoms with Crippen molar-refractivity contribution < 1.29 is 9.59 Å². The van der Waals surface area contributed by atoms with Crippen LogP contribution >= 0.6 is 15.9 Å². The molecule has 7 heteroatoms. The molecule has 0 aliphatic rings. The molecule has 0 radical (unpaired) electrons. The van der Waals surface area contributed by atoms with E-state index in [4.69, 9.17) is 0 Å². The highest BCUT2D eigenvalue weighted by Crippen LogP contribution is 2.17. The SMILES string of the molecule is CCNc1ncc(Br)cc1C(=O)NCC(=O)NCC(C)C. The number of nitrogens with zero attached hydrogens (tertiary/aromatic N) is 1. The lowest BCUT2D eigenvalue weighted by molar-refractivity contribution is -0.120. The molecule has 0 aliphatic heterocycles. The summed E-state index contributed by atoms with van der Waals surface area (Å²) in [6, 6.07) is 1.67. The van der Waals surface area contributed by atoms with Gasteiger partial charge in [0.2, 0.25) is 5.91 Å². The van der Waals surface area contributed by atoms with Gasteiger partial charge in [-0.3, -0.25) is 9.59 Å². The quantitative estimate of drug-likeness (QED) is 0.695. The molecule has 21 heavy (non-hydrogen) atoms. The van der Waals surface area contributed by atoms with Gasteiger partial charge in [0, 0.05) is 23.8 Å². The molecule has 1 aromatic rings. The standard InChI is InChI=1S/C14H21BrN4O2/c1-4-16-13-11(5-10(15)7-18-13)14(21)19-8-12(20)17-6-9(2)3/h5,7,9H,4,6,8H2,1-3H3,(H,16,18)(H,17,20)(H,19,21). The average Bonchev–Trinajstić information content (AvgIpc) is 2.44. The zero-order valence-corrected chi connectivity index (χ0v) is 14.1. The van der Waals surface area contributed by atoms with Crippen molar-refractivity contribution >= 4 is 33.6 Å². The second-order valence-corrected chi connectivity index (χ2v) is 5.88. The van der Waals surface area contributed by atoms with Crippen LogP contribution in [0.5, 0.6) is 0 Å². The third-order valence-electron chi connectivity index (χ3n) is 2.56. The normalized spacial score (nSPS) is 10.3. The van der Waals surface area contributed by atoms with Crippen molar-refractivity contribution in [1.82, 2.24) is 15.6 Å². The lowest BCUT2D eigenvalue weighted by Crippen LogP contribution is -2.38. The van der Waals surface area contributed by atoms with Crippen LogP contribution in [0.25, 0.3) is 0 Å². The van der Waals surface area contributed by atoms with E-state index in [1.54, 1.807) is 12.3 Å². The number of aromatic nitrogens is 1. The zero-order chi connectivity index (χ0) is 15.8. The number of carbonyl (C=O) groups excluding carboxylic acids is 2. The molecule has 1 heterocycles. The number of carbonyl (C=O) groups is 2. The molecule has 0 aromatic carbocycles. The Kier molecular flexibility index (Phi) is 7.14. The monoisotopic (exact) mass is 356 g/mol. The van der Waals surface area contributed by atoms with Gasteiger partial charge in [0.05, 0.1) is 12.1 Å². The fourth-order valence-corrected chi connectivity index (χ4v) is 1.89. The number of halogens is 1. The first-order valence-electron chi connectivity index (χ1n) is 6.88. The molecule has 0 spiro atoms. The van der Waals surface area contributed by atoms with Crippen molar-refractivity contribution in [3.8, 4) is 0 Å². The maximum Gasteiger partial charge on any atom is 0.255 e. The van der Waals surface area contributed by atoms with Crippen LogP contribution in [0.1, 0.15) is 31.1 Å². The van der Waals surface area contributed by atoms with Gasteiger partial charge < -0.3 is 16.0 Å². The van der Waals surface area contributed by atoms with Crippen LogP contribution in [0.2, 0.25) is 0 Å². The Morgan fingerprint density at radius 2 is 2.05 bits per heavy atom. The van der Waals surface area contributed by atoms with E-state index in [1.807, 2.05) is 20.8 Å². The molecule has 0 atom stereocenters. The highest BCUT2D eigenvalue weighted by atomic mass is 79.9. The van der Waals surface area contributed by atoms with E-state index in [2.05, 4.69) is 36.9 Å². The number of hydrogen-bond donors (Lipinski definition) is 3. The molecule has 0 bridgehead atoms.